The highest BCUT2D eigenvalue weighted by molar-refractivity contribution is 6.31. The normalized spacial score (nSPS) is 12.6. The van der Waals surface area contributed by atoms with E-state index in [0.717, 1.165) is 10.9 Å². The van der Waals surface area contributed by atoms with Crippen LogP contribution < -0.4 is 0 Å². The molecule has 0 fully saturated rings. The van der Waals surface area contributed by atoms with E-state index in [1.165, 1.54) is 12.1 Å². The van der Waals surface area contributed by atoms with Crippen molar-refractivity contribution in [3.8, 4) is 0 Å². The molecule has 0 bridgehead atoms. The first-order valence-electron chi connectivity index (χ1n) is 6.13. The highest BCUT2D eigenvalue weighted by atomic mass is 35.5. The van der Waals surface area contributed by atoms with Crippen molar-refractivity contribution in [2.75, 3.05) is 0 Å². The van der Waals surface area contributed by atoms with Gasteiger partial charge < -0.3 is 5.11 Å². The summed E-state index contributed by atoms with van der Waals surface area (Å²) in [5.41, 5.74) is 1.75. The largest absolute Gasteiger partial charge is 0.384 e. The standard InChI is InChI=1S/C16H11ClFNO/c17-15-12(4-1-5-13(15)18)16(20)11-7-6-10-3-2-8-19-14(10)9-11/h1-9,16,20H. The van der Waals surface area contributed by atoms with Crippen LogP contribution in [0, 0.1) is 5.82 Å². The van der Waals surface area contributed by atoms with Crippen LogP contribution in [0.5, 0.6) is 0 Å². The fourth-order valence-electron chi connectivity index (χ4n) is 2.16. The van der Waals surface area contributed by atoms with Crippen molar-refractivity contribution in [1.82, 2.24) is 4.98 Å². The highest BCUT2D eigenvalue weighted by Crippen LogP contribution is 2.31. The van der Waals surface area contributed by atoms with E-state index in [0.29, 0.717) is 11.1 Å². The predicted octanol–water partition coefficient (Wildman–Crippen LogP) is 4.11. The van der Waals surface area contributed by atoms with Gasteiger partial charge in [-0.1, -0.05) is 41.9 Å². The van der Waals surface area contributed by atoms with Gasteiger partial charge in [0.25, 0.3) is 0 Å². The van der Waals surface area contributed by atoms with Gasteiger partial charge in [-0.3, -0.25) is 4.98 Å². The van der Waals surface area contributed by atoms with Crippen molar-refractivity contribution < 1.29 is 9.50 Å². The van der Waals surface area contributed by atoms with E-state index >= 15 is 0 Å². The van der Waals surface area contributed by atoms with Crippen molar-refractivity contribution in [3.63, 3.8) is 0 Å². The molecule has 0 spiro atoms. The molecule has 0 aliphatic rings. The Morgan fingerprint density at radius 2 is 1.95 bits per heavy atom. The molecule has 2 aromatic carbocycles. The molecule has 0 saturated heterocycles. The van der Waals surface area contributed by atoms with Crippen molar-refractivity contribution in [3.05, 3.63) is 76.7 Å². The van der Waals surface area contributed by atoms with Crippen molar-refractivity contribution in [2.24, 2.45) is 0 Å². The molecule has 4 heteroatoms. The summed E-state index contributed by atoms with van der Waals surface area (Å²) in [6, 6.07) is 13.6. The van der Waals surface area contributed by atoms with E-state index in [1.54, 1.807) is 24.4 Å². The summed E-state index contributed by atoms with van der Waals surface area (Å²) in [6.07, 6.45) is 0.706. The number of rotatable bonds is 2. The number of aliphatic hydroxyl groups is 1. The molecule has 3 rings (SSSR count). The monoisotopic (exact) mass is 287 g/mol. The van der Waals surface area contributed by atoms with Crippen LogP contribution >= 0.6 is 11.6 Å². The molecule has 1 unspecified atom stereocenters. The lowest BCUT2D eigenvalue weighted by Gasteiger charge is -2.14. The molecule has 1 N–H and O–H groups in total. The van der Waals surface area contributed by atoms with Gasteiger partial charge in [0, 0.05) is 17.1 Å². The van der Waals surface area contributed by atoms with Gasteiger partial charge >= 0.3 is 0 Å². The Morgan fingerprint density at radius 1 is 1.10 bits per heavy atom. The highest BCUT2D eigenvalue weighted by Gasteiger charge is 2.16. The van der Waals surface area contributed by atoms with Crippen molar-refractivity contribution in [1.29, 1.82) is 0 Å². The average molecular weight is 288 g/mol. The Kier molecular flexibility index (Phi) is 3.38. The zero-order valence-corrected chi connectivity index (χ0v) is 11.2. The van der Waals surface area contributed by atoms with Gasteiger partial charge in [0.05, 0.1) is 10.5 Å². The Balaban J connectivity index is 2.08. The van der Waals surface area contributed by atoms with E-state index in [-0.39, 0.29) is 5.02 Å². The second-order valence-corrected chi connectivity index (χ2v) is 4.88. The lowest BCUT2D eigenvalue weighted by molar-refractivity contribution is 0.220. The van der Waals surface area contributed by atoms with Gasteiger partial charge in [-0.2, -0.15) is 0 Å². The number of pyridine rings is 1. The van der Waals surface area contributed by atoms with Gasteiger partial charge in [-0.15, -0.1) is 0 Å². The summed E-state index contributed by atoms with van der Waals surface area (Å²) >= 11 is 5.91. The molecule has 2 nitrogen and oxygen atoms in total. The molecule has 1 heterocycles. The first-order valence-corrected chi connectivity index (χ1v) is 6.51. The molecule has 1 atom stereocenters. The van der Waals surface area contributed by atoms with E-state index in [9.17, 15) is 9.50 Å². The van der Waals surface area contributed by atoms with Crippen LogP contribution in [0.25, 0.3) is 10.9 Å². The predicted molar refractivity (Wildman–Crippen MR) is 77.2 cm³/mol. The van der Waals surface area contributed by atoms with Crippen LogP contribution in [0.15, 0.2) is 54.7 Å². The van der Waals surface area contributed by atoms with Crippen LogP contribution in [0.3, 0.4) is 0 Å². The quantitative estimate of drug-likeness (QED) is 0.769. The maximum absolute atomic E-state index is 13.5. The number of hydrogen-bond donors (Lipinski definition) is 1. The van der Waals surface area contributed by atoms with Crippen LogP contribution in [-0.4, -0.2) is 10.1 Å². The van der Waals surface area contributed by atoms with E-state index in [1.807, 2.05) is 18.2 Å². The molecule has 0 aliphatic heterocycles. The number of hydrogen-bond acceptors (Lipinski definition) is 2. The lowest BCUT2D eigenvalue weighted by atomic mass is 10.00. The van der Waals surface area contributed by atoms with Gasteiger partial charge in [0.2, 0.25) is 0 Å². The SMILES string of the molecule is OC(c1ccc2cccnc2c1)c1cccc(F)c1Cl. The maximum atomic E-state index is 13.5. The average Bonchev–Trinajstić information content (AvgIpc) is 2.49. The molecule has 20 heavy (non-hydrogen) atoms. The summed E-state index contributed by atoms with van der Waals surface area (Å²) in [7, 11) is 0. The molecule has 3 aromatic rings. The second kappa shape index (κ2) is 5.19. The Bertz CT molecular complexity index is 775. The van der Waals surface area contributed by atoms with Crippen LogP contribution in [-0.2, 0) is 0 Å². The van der Waals surface area contributed by atoms with Gasteiger partial charge in [0.15, 0.2) is 0 Å². The van der Waals surface area contributed by atoms with Crippen LogP contribution in [0.1, 0.15) is 17.2 Å². The minimum atomic E-state index is -0.982. The first-order chi connectivity index (χ1) is 9.66. The topological polar surface area (TPSA) is 33.1 Å². The summed E-state index contributed by atoms with van der Waals surface area (Å²) in [5.74, 6) is -0.540. The molecule has 0 amide bonds. The molecular weight excluding hydrogens is 277 g/mol. The summed E-state index contributed by atoms with van der Waals surface area (Å²) in [4.78, 5) is 4.24. The van der Waals surface area contributed by atoms with Crippen LogP contribution in [0.4, 0.5) is 4.39 Å². The maximum Gasteiger partial charge on any atom is 0.142 e. The number of nitrogens with zero attached hydrogens (tertiary/aromatic N) is 1. The minimum absolute atomic E-state index is 0.0545. The summed E-state index contributed by atoms with van der Waals surface area (Å²) < 4.78 is 13.5. The number of halogens is 2. The Hall–Kier alpha value is -1.97. The molecule has 0 radical (unpaired) electrons. The number of benzene rings is 2. The minimum Gasteiger partial charge on any atom is -0.384 e. The summed E-state index contributed by atoms with van der Waals surface area (Å²) in [6.45, 7) is 0. The first kappa shape index (κ1) is 13.0. The molecular formula is C16H11ClFNO. The number of fused-ring (bicyclic) bond motifs is 1. The van der Waals surface area contributed by atoms with E-state index in [4.69, 9.17) is 11.6 Å². The smallest absolute Gasteiger partial charge is 0.142 e. The fourth-order valence-corrected chi connectivity index (χ4v) is 2.39. The van der Waals surface area contributed by atoms with Gasteiger partial charge in [-0.05, 0) is 23.8 Å². The third kappa shape index (κ3) is 2.26. The van der Waals surface area contributed by atoms with Gasteiger partial charge in [-0.25, -0.2) is 4.39 Å². The number of aromatic nitrogens is 1. The van der Waals surface area contributed by atoms with E-state index < -0.39 is 11.9 Å². The zero-order chi connectivity index (χ0) is 14.1. The third-order valence-electron chi connectivity index (χ3n) is 3.22. The Labute approximate surface area is 120 Å². The molecule has 1 aromatic heterocycles. The zero-order valence-electron chi connectivity index (χ0n) is 10.4. The summed E-state index contributed by atoms with van der Waals surface area (Å²) in [5, 5.41) is 11.3. The molecule has 0 aliphatic carbocycles. The van der Waals surface area contributed by atoms with Crippen molar-refractivity contribution >= 4 is 22.5 Å². The van der Waals surface area contributed by atoms with Gasteiger partial charge in [0.1, 0.15) is 11.9 Å². The van der Waals surface area contributed by atoms with E-state index in [2.05, 4.69) is 4.98 Å². The number of aliphatic hydroxyl groups excluding tert-OH is 1. The second-order valence-electron chi connectivity index (χ2n) is 4.50. The van der Waals surface area contributed by atoms with Crippen LogP contribution in [0.2, 0.25) is 5.02 Å². The van der Waals surface area contributed by atoms with Crippen molar-refractivity contribution in [2.45, 2.75) is 6.10 Å². The fraction of sp³-hybridized carbons (Fsp3) is 0.0625. The Morgan fingerprint density at radius 3 is 2.80 bits per heavy atom. The molecule has 100 valence electrons. The molecule has 0 saturated carbocycles. The third-order valence-corrected chi connectivity index (χ3v) is 3.62. The lowest BCUT2D eigenvalue weighted by Crippen LogP contribution is -2.01.